The molecule has 0 saturated carbocycles. The molecule has 0 rings (SSSR count). The van der Waals surface area contributed by atoms with Crippen molar-refractivity contribution in [2.75, 3.05) is 26.3 Å². The Morgan fingerprint density at radius 2 is 0.892 bits per heavy atom. The van der Waals surface area contributed by atoms with Gasteiger partial charge < -0.3 is 32.5 Å². The van der Waals surface area contributed by atoms with E-state index in [1.807, 2.05) is 26.2 Å². The van der Waals surface area contributed by atoms with Crippen molar-refractivity contribution < 1.29 is 41.0 Å². The van der Waals surface area contributed by atoms with Crippen LogP contribution in [-0.2, 0) is 41.0 Å². The molecule has 11 nitrogen and oxygen atoms in total. The molecule has 0 spiro atoms. The number of nitrogens with one attached hydrogen (secondary N) is 2. The van der Waals surface area contributed by atoms with Gasteiger partial charge in [0.15, 0.2) is 16.6 Å². The van der Waals surface area contributed by atoms with Crippen LogP contribution in [0.5, 0.6) is 0 Å². The maximum Gasteiger partial charge on any atom is 0.396 e. The average Bonchev–Trinajstić information content (AvgIpc) is 2.71. The van der Waals surface area contributed by atoms with Crippen LogP contribution in [0.4, 0.5) is 0 Å². The monoisotopic (exact) mass is 596 g/mol. The molecule has 2 amide bonds. The summed E-state index contributed by atoms with van der Waals surface area (Å²) in [6.45, 7) is 21.0. The lowest BCUT2D eigenvalue weighted by Crippen LogP contribution is -2.56. The molecule has 0 bridgehead atoms. The van der Waals surface area contributed by atoms with Crippen molar-refractivity contribution in [1.82, 2.24) is 10.6 Å². The standard InChI is InChI=1S/C22H48N2O9Si4/c1-11-29-21(27)19(25)23-15-13-17-34(3,4)31-36(7,8)33-37(9,10)32-35(5,6)18-14-16-24-20(26)22(28)30-12-2/h11-18H2,1-10H3,(H,23,25)(H,24,26). The first-order valence-corrected chi connectivity index (χ1v) is 24.7. The van der Waals surface area contributed by atoms with Crippen molar-refractivity contribution in [3.05, 3.63) is 0 Å². The maximum atomic E-state index is 11.7. The molecule has 0 aromatic heterocycles. The summed E-state index contributed by atoms with van der Waals surface area (Å²) in [6, 6.07) is 1.60. The number of hydrogen-bond donors (Lipinski definition) is 2. The van der Waals surface area contributed by atoms with Gasteiger partial charge in [0.2, 0.25) is 0 Å². The van der Waals surface area contributed by atoms with E-state index in [-0.39, 0.29) is 13.2 Å². The Balaban J connectivity index is 4.64. The minimum Gasteiger partial charge on any atom is -0.459 e. The molecule has 0 atom stereocenters. The smallest absolute Gasteiger partial charge is 0.396 e. The fourth-order valence-corrected chi connectivity index (χ4v) is 23.4. The second-order valence-corrected chi connectivity index (χ2v) is 26.9. The third-order valence-electron chi connectivity index (χ3n) is 4.94. The van der Waals surface area contributed by atoms with E-state index < -0.39 is 57.5 Å². The van der Waals surface area contributed by atoms with E-state index >= 15 is 0 Å². The summed E-state index contributed by atoms with van der Waals surface area (Å²) in [4.78, 5) is 46.1. The number of carbonyl (C=O) groups excluding carboxylic acids is 4. The number of esters is 2. The second kappa shape index (κ2) is 15.9. The molecule has 0 radical (unpaired) electrons. The Bertz CT molecular complexity index is 715. The van der Waals surface area contributed by atoms with E-state index in [1.165, 1.54) is 0 Å². The molecule has 0 fully saturated rings. The van der Waals surface area contributed by atoms with E-state index in [0.29, 0.717) is 25.9 Å². The van der Waals surface area contributed by atoms with Gasteiger partial charge in [-0.25, -0.2) is 9.59 Å². The first kappa shape index (κ1) is 35.6. The number of amides is 2. The van der Waals surface area contributed by atoms with E-state index in [9.17, 15) is 19.2 Å². The predicted octanol–water partition coefficient (Wildman–Crippen LogP) is 2.99. The summed E-state index contributed by atoms with van der Waals surface area (Å²) in [6.07, 6.45) is 1.39. The summed E-state index contributed by atoms with van der Waals surface area (Å²) in [5, 5.41) is 5.17. The van der Waals surface area contributed by atoms with Gasteiger partial charge in [0.05, 0.1) is 13.2 Å². The van der Waals surface area contributed by atoms with Crippen LogP contribution in [0.2, 0.25) is 64.5 Å². The molecule has 15 heteroatoms. The molecule has 37 heavy (non-hydrogen) atoms. The van der Waals surface area contributed by atoms with Crippen LogP contribution in [0.15, 0.2) is 0 Å². The summed E-state index contributed by atoms with van der Waals surface area (Å²) in [5.74, 6) is -3.17. The van der Waals surface area contributed by atoms with Gasteiger partial charge in [-0.05, 0) is 91.2 Å². The van der Waals surface area contributed by atoms with E-state index in [2.05, 4.69) is 46.3 Å². The zero-order valence-corrected chi connectivity index (χ0v) is 28.3. The largest absolute Gasteiger partial charge is 0.459 e. The van der Waals surface area contributed by atoms with Crippen molar-refractivity contribution in [3.63, 3.8) is 0 Å². The van der Waals surface area contributed by atoms with Crippen molar-refractivity contribution in [2.45, 2.75) is 91.2 Å². The van der Waals surface area contributed by atoms with Crippen LogP contribution in [0.1, 0.15) is 26.7 Å². The molecule has 0 saturated heterocycles. The highest BCUT2D eigenvalue weighted by molar-refractivity contribution is 6.89. The highest BCUT2D eigenvalue weighted by Gasteiger charge is 2.43. The summed E-state index contributed by atoms with van der Waals surface area (Å²) < 4.78 is 29.0. The molecule has 0 aliphatic rings. The Morgan fingerprint density at radius 3 is 1.19 bits per heavy atom. The van der Waals surface area contributed by atoms with Crippen LogP contribution in [0.3, 0.4) is 0 Å². The van der Waals surface area contributed by atoms with Crippen molar-refractivity contribution >= 4 is 57.5 Å². The van der Waals surface area contributed by atoms with Crippen LogP contribution < -0.4 is 10.6 Å². The molecule has 0 aliphatic heterocycles. The second-order valence-electron chi connectivity index (χ2n) is 10.8. The number of ether oxygens (including phenoxy) is 2. The van der Waals surface area contributed by atoms with E-state index in [0.717, 1.165) is 12.1 Å². The topological polar surface area (TPSA) is 138 Å². The highest BCUT2D eigenvalue weighted by atomic mass is 28.5. The lowest BCUT2D eigenvalue weighted by molar-refractivity contribution is -0.154. The zero-order chi connectivity index (χ0) is 28.9. The minimum absolute atomic E-state index is 0.165. The van der Waals surface area contributed by atoms with Crippen LogP contribution in [0.25, 0.3) is 0 Å². The SMILES string of the molecule is CCOC(=O)C(=O)NCCC[Si](C)(C)O[Si](C)(C)O[Si](C)(C)O[Si](C)(C)CCCNC(=O)C(=O)OCC. The average molecular weight is 597 g/mol. The van der Waals surface area contributed by atoms with Crippen LogP contribution in [0, 0.1) is 0 Å². The quantitative estimate of drug-likeness (QED) is 0.119. The van der Waals surface area contributed by atoms with Gasteiger partial charge in [-0.2, -0.15) is 0 Å². The lowest BCUT2D eigenvalue weighted by atomic mass is 10.4. The molecule has 0 heterocycles. The molecule has 0 aliphatic carbocycles. The highest BCUT2D eigenvalue weighted by Crippen LogP contribution is 2.27. The molecule has 0 unspecified atom stereocenters. The summed E-state index contributed by atoms with van der Waals surface area (Å²) in [5.41, 5.74) is 0. The van der Waals surface area contributed by atoms with Gasteiger partial charge in [-0.15, -0.1) is 0 Å². The van der Waals surface area contributed by atoms with Crippen molar-refractivity contribution in [1.29, 1.82) is 0 Å². The van der Waals surface area contributed by atoms with Gasteiger partial charge in [0.25, 0.3) is 0 Å². The van der Waals surface area contributed by atoms with E-state index in [1.54, 1.807) is 13.8 Å². The van der Waals surface area contributed by atoms with Crippen LogP contribution >= 0.6 is 0 Å². The molecule has 0 aromatic rings. The zero-order valence-electron chi connectivity index (χ0n) is 24.3. The number of carbonyl (C=O) groups is 4. The molecular weight excluding hydrogens is 549 g/mol. The van der Waals surface area contributed by atoms with Gasteiger partial charge in [0.1, 0.15) is 0 Å². The first-order valence-electron chi connectivity index (χ1n) is 12.9. The van der Waals surface area contributed by atoms with Gasteiger partial charge in [-0.3, -0.25) is 9.59 Å². The molecule has 216 valence electrons. The number of rotatable bonds is 16. The Hall–Kier alpha value is -1.37. The predicted molar refractivity (Wildman–Crippen MR) is 151 cm³/mol. The van der Waals surface area contributed by atoms with Crippen molar-refractivity contribution in [2.24, 2.45) is 0 Å². The first-order chi connectivity index (χ1) is 16.9. The lowest BCUT2D eigenvalue weighted by Gasteiger charge is -2.41. The Morgan fingerprint density at radius 1 is 0.568 bits per heavy atom. The Kier molecular flexibility index (Phi) is 15.3. The van der Waals surface area contributed by atoms with Gasteiger partial charge >= 0.3 is 40.9 Å². The third kappa shape index (κ3) is 17.0. The van der Waals surface area contributed by atoms with E-state index in [4.69, 9.17) is 12.3 Å². The minimum atomic E-state index is -2.51. The molecule has 0 aromatic carbocycles. The summed E-state index contributed by atoms with van der Waals surface area (Å²) in [7, 11) is -9.20. The summed E-state index contributed by atoms with van der Waals surface area (Å²) >= 11 is 0. The third-order valence-corrected chi connectivity index (χ3v) is 20.3. The van der Waals surface area contributed by atoms with Crippen LogP contribution in [-0.4, -0.2) is 83.8 Å². The molecule has 2 N–H and O–H groups in total. The number of hydrogen-bond acceptors (Lipinski definition) is 9. The Labute approximate surface area is 226 Å². The maximum absolute atomic E-state index is 11.7. The normalized spacial score (nSPS) is 12.6. The van der Waals surface area contributed by atoms with Crippen molar-refractivity contribution in [3.8, 4) is 0 Å². The molecular formula is C22H48N2O9Si4. The van der Waals surface area contributed by atoms with Gasteiger partial charge in [-0.1, -0.05) is 0 Å². The fraction of sp³-hybridized carbons (Fsp3) is 0.818. The van der Waals surface area contributed by atoms with Gasteiger partial charge in [0, 0.05) is 13.1 Å². The fourth-order valence-electron chi connectivity index (χ4n) is 4.04.